The van der Waals surface area contributed by atoms with Gasteiger partial charge in [0.25, 0.3) is 0 Å². The normalized spacial score (nSPS) is 14.1. The number of rotatable bonds is 25. The zero-order chi connectivity index (χ0) is 41.8. The number of allylic oxidation sites excluding steroid dienone is 2. The number of methoxy groups -OCH3 is 1. The summed E-state index contributed by atoms with van der Waals surface area (Å²) >= 11 is 0. The van der Waals surface area contributed by atoms with Crippen molar-refractivity contribution in [2.75, 3.05) is 51.9 Å². The fourth-order valence-corrected chi connectivity index (χ4v) is 7.40. The van der Waals surface area contributed by atoms with Crippen LogP contribution < -0.4 is 19.5 Å². The lowest BCUT2D eigenvalue weighted by Gasteiger charge is -2.37. The first-order valence-corrected chi connectivity index (χ1v) is 22.2. The summed E-state index contributed by atoms with van der Waals surface area (Å²) in [6, 6.07) is 22.1. The van der Waals surface area contributed by atoms with E-state index < -0.39 is 0 Å². The van der Waals surface area contributed by atoms with E-state index in [1.165, 1.54) is 63.4 Å². The quantitative estimate of drug-likeness (QED) is 0.0402. The summed E-state index contributed by atoms with van der Waals surface area (Å²) in [5.41, 5.74) is 4.13. The second-order valence-corrected chi connectivity index (χ2v) is 16.9. The van der Waals surface area contributed by atoms with Crippen molar-refractivity contribution in [3.05, 3.63) is 90.6 Å². The summed E-state index contributed by atoms with van der Waals surface area (Å²) in [5.74, 6) is 2.36. The van der Waals surface area contributed by atoms with E-state index in [9.17, 15) is 4.79 Å². The fourth-order valence-electron chi connectivity index (χ4n) is 7.40. The van der Waals surface area contributed by atoms with Crippen molar-refractivity contribution in [1.82, 2.24) is 4.98 Å². The minimum absolute atomic E-state index is 0.113. The molecular formula is C50H70N3O6+. The summed E-state index contributed by atoms with van der Waals surface area (Å²) in [6.45, 7) is 12.0. The van der Waals surface area contributed by atoms with Crippen LogP contribution in [-0.2, 0) is 19.8 Å². The van der Waals surface area contributed by atoms with E-state index in [1.54, 1.807) is 13.3 Å². The highest BCUT2D eigenvalue weighted by Gasteiger charge is 2.36. The second kappa shape index (κ2) is 23.9. The minimum Gasteiger partial charge on any atom is -0.493 e. The van der Waals surface area contributed by atoms with E-state index in [-0.39, 0.29) is 16.0 Å². The molecule has 0 unspecified atom stereocenters. The smallest absolute Gasteiger partial charge is 0.366 e. The van der Waals surface area contributed by atoms with E-state index in [0.717, 1.165) is 48.0 Å². The Balaban J connectivity index is 1.06. The molecule has 0 atom stereocenters. The SMILES string of the molecule is CCCCCCCC/C=C\CCCCCCCC(=O)O[N+]1(CCOc2cc3nccc(Oc4ccc(Nc5ccc(C(C)(C)C)cc5)cc4)c3cc2OC)CCOCC1. The molecule has 9 heteroatoms. The number of carbonyl (C=O) groups is 1. The number of fused-ring (bicyclic) bond motifs is 1. The van der Waals surface area contributed by atoms with Gasteiger partial charge in [-0.25, -0.2) is 4.79 Å². The predicted octanol–water partition coefficient (Wildman–Crippen LogP) is 12.8. The Kier molecular flexibility index (Phi) is 18.4. The number of aromatic nitrogens is 1. The molecule has 1 N–H and O–H groups in total. The van der Waals surface area contributed by atoms with Gasteiger partial charge in [-0.1, -0.05) is 103 Å². The Labute approximate surface area is 354 Å². The molecule has 2 heterocycles. The van der Waals surface area contributed by atoms with Gasteiger partial charge in [0.1, 0.15) is 31.2 Å². The Morgan fingerprint density at radius 3 is 2.05 bits per heavy atom. The molecule has 0 spiro atoms. The summed E-state index contributed by atoms with van der Waals surface area (Å²) in [5, 5.41) is 4.28. The molecule has 0 amide bonds. The van der Waals surface area contributed by atoms with Crippen LogP contribution in [0.15, 0.2) is 85.1 Å². The molecule has 1 aliphatic rings. The van der Waals surface area contributed by atoms with Crippen LogP contribution >= 0.6 is 0 Å². The molecule has 3 aromatic carbocycles. The van der Waals surface area contributed by atoms with Crippen LogP contribution in [0.5, 0.6) is 23.0 Å². The minimum atomic E-state index is -0.152. The van der Waals surface area contributed by atoms with Crippen molar-refractivity contribution < 1.29 is 33.2 Å². The largest absolute Gasteiger partial charge is 0.493 e. The first kappa shape index (κ1) is 45.5. The van der Waals surface area contributed by atoms with Crippen molar-refractivity contribution in [3.8, 4) is 23.0 Å². The highest BCUT2D eigenvalue weighted by molar-refractivity contribution is 5.88. The van der Waals surface area contributed by atoms with Crippen molar-refractivity contribution >= 4 is 28.2 Å². The van der Waals surface area contributed by atoms with Gasteiger partial charge in [-0.2, -0.15) is 0 Å². The third-order valence-electron chi connectivity index (χ3n) is 11.1. The average Bonchev–Trinajstić information content (AvgIpc) is 3.23. The number of benzene rings is 3. The highest BCUT2D eigenvalue weighted by Crippen LogP contribution is 2.37. The Bertz CT molecular complexity index is 1860. The van der Waals surface area contributed by atoms with Crippen LogP contribution in [0.25, 0.3) is 10.9 Å². The maximum absolute atomic E-state index is 13.0. The lowest BCUT2D eigenvalue weighted by molar-refractivity contribution is -1.09. The summed E-state index contributed by atoms with van der Waals surface area (Å²) in [7, 11) is 1.63. The maximum atomic E-state index is 13.0. The van der Waals surface area contributed by atoms with E-state index in [4.69, 9.17) is 23.8 Å². The first-order chi connectivity index (χ1) is 28.7. The Morgan fingerprint density at radius 2 is 1.41 bits per heavy atom. The zero-order valence-corrected chi connectivity index (χ0v) is 36.6. The predicted molar refractivity (Wildman–Crippen MR) is 240 cm³/mol. The molecule has 0 saturated carbocycles. The lowest BCUT2D eigenvalue weighted by atomic mass is 9.87. The number of hydroxylamine groups is 3. The van der Waals surface area contributed by atoms with Crippen molar-refractivity contribution in [2.45, 2.75) is 123 Å². The fraction of sp³-hybridized carbons (Fsp3) is 0.520. The third-order valence-corrected chi connectivity index (χ3v) is 11.1. The molecule has 0 radical (unpaired) electrons. The molecule has 5 rings (SSSR count). The lowest BCUT2D eigenvalue weighted by Crippen LogP contribution is -2.57. The molecule has 1 fully saturated rings. The van der Waals surface area contributed by atoms with Gasteiger partial charge in [-0.3, -0.25) is 9.82 Å². The number of pyridine rings is 1. The summed E-state index contributed by atoms with van der Waals surface area (Å²) < 4.78 is 24.3. The number of hydrogen-bond donors (Lipinski definition) is 1. The Hall–Kier alpha value is -4.60. The molecular weight excluding hydrogens is 739 g/mol. The van der Waals surface area contributed by atoms with Gasteiger partial charge in [0.15, 0.2) is 18.0 Å². The number of hydrogen-bond acceptors (Lipinski definition) is 8. The van der Waals surface area contributed by atoms with E-state index in [2.05, 4.69) is 74.4 Å². The van der Waals surface area contributed by atoms with Gasteiger partial charge in [0.2, 0.25) is 0 Å². The number of morpholine rings is 1. The van der Waals surface area contributed by atoms with Crippen LogP contribution in [0.3, 0.4) is 0 Å². The molecule has 1 aliphatic heterocycles. The standard InChI is InChI=1S/C50H70N3O6/c1-6-7-8-9-10-11-12-13-14-15-16-17-18-19-20-21-49(54)59-53(32-35-56-36-33-53)34-37-57-48-39-45-44(38-47(48)55-5)46(30-31-51-45)58-43-28-26-42(27-29-43)52-41-24-22-40(23-25-41)50(2,3)4/h13-14,22-31,38-39,52H,6-12,15-21,32-37H2,1-5H3/q+1/b14-13-. The van der Waals surface area contributed by atoms with Crippen molar-refractivity contribution in [2.24, 2.45) is 0 Å². The average molecular weight is 809 g/mol. The van der Waals surface area contributed by atoms with Gasteiger partial charge < -0.3 is 24.3 Å². The zero-order valence-electron chi connectivity index (χ0n) is 36.6. The van der Waals surface area contributed by atoms with E-state index in [1.807, 2.05) is 42.5 Å². The van der Waals surface area contributed by atoms with Crippen molar-refractivity contribution in [3.63, 3.8) is 0 Å². The molecule has 0 aliphatic carbocycles. The summed E-state index contributed by atoms with van der Waals surface area (Å²) in [4.78, 5) is 23.8. The number of nitrogens with zero attached hydrogens (tertiary/aromatic N) is 2. The monoisotopic (exact) mass is 809 g/mol. The number of anilines is 2. The number of carbonyl (C=O) groups excluding carboxylic acids is 1. The second-order valence-electron chi connectivity index (χ2n) is 16.9. The van der Waals surface area contributed by atoms with Crippen molar-refractivity contribution in [1.29, 1.82) is 0 Å². The number of ether oxygens (including phenoxy) is 4. The molecule has 9 nitrogen and oxygen atoms in total. The number of quaternary nitrogens is 1. The van der Waals surface area contributed by atoms with Gasteiger partial charge in [0.05, 0.1) is 32.3 Å². The van der Waals surface area contributed by atoms with Crippen LogP contribution in [-0.4, -0.2) is 62.2 Å². The molecule has 1 aromatic heterocycles. The van der Waals surface area contributed by atoms with Gasteiger partial charge in [-0.05, 0) is 91.6 Å². The third kappa shape index (κ3) is 15.2. The molecule has 1 saturated heterocycles. The topological polar surface area (TPSA) is 88.1 Å². The number of unbranched alkanes of at least 4 members (excludes halogenated alkanes) is 11. The number of nitrogens with one attached hydrogen (secondary N) is 1. The van der Waals surface area contributed by atoms with Crippen LogP contribution in [0.1, 0.15) is 123 Å². The summed E-state index contributed by atoms with van der Waals surface area (Å²) in [6.07, 6.45) is 22.8. The molecule has 59 heavy (non-hydrogen) atoms. The van der Waals surface area contributed by atoms with Gasteiger partial charge >= 0.3 is 5.97 Å². The van der Waals surface area contributed by atoms with Crippen LogP contribution in [0, 0.1) is 0 Å². The molecule has 0 bridgehead atoms. The maximum Gasteiger partial charge on any atom is 0.366 e. The van der Waals surface area contributed by atoms with E-state index >= 15 is 0 Å². The first-order valence-electron chi connectivity index (χ1n) is 22.2. The molecule has 320 valence electrons. The van der Waals surface area contributed by atoms with Gasteiger partial charge in [0, 0.05) is 29.0 Å². The van der Waals surface area contributed by atoms with Crippen LogP contribution in [0.4, 0.5) is 11.4 Å². The highest BCUT2D eigenvalue weighted by atomic mass is 16.8. The van der Waals surface area contributed by atoms with Crippen LogP contribution in [0.2, 0.25) is 0 Å². The Morgan fingerprint density at radius 1 is 0.780 bits per heavy atom. The molecule has 4 aromatic rings. The van der Waals surface area contributed by atoms with Gasteiger partial charge in [-0.15, -0.1) is 4.65 Å². The van der Waals surface area contributed by atoms with E-state index in [0.29, 0.717) is 68.9 Å².